The van der Waals surface area contributed by atoms with Crippen LogP contribution in [0.15, 0.2) is 22.9 Å². The lowest BCUT2D eigenvalue weighted by atomic mass is 10.2. The molecular weight excluding hydrogens is 274 g/mol. The molecule has 0 saturated carbocycles. The highest BCUT2D eigenvalue weighted by Crippen LogP contribution is 2.15. The molecule has 1 aromatic heterocycles. The molecule has 1 aromatic rings. The number of carbonyl (C=O) groups excluding carboxylic acids is 2. The fourth-order valence-corrected chi connectivity index (χ4v) is 1.95. The maximum Gasteiger partial charge on any atom is 0.257 e. The molecule has 0 spiro atoms. The minimum Gasteiger partial charge on any atom is -0.353 e. The lowest BCUT2D eigenvalue weighted by molar-refractivity contribution is -0.123. The van der Waals surface area contributed by atoms with E-state index in [2.05, 4.69) is 26.2 Å². The topological polar surface area (TPSA) is 62.3 Å². The molecule has 2 amide bonds. The maximum atomic E-state index is 12.0. The second-order valence-electron chi connectivity index (χ2n) is 3.42. The molecule has 16 heavy (non-hydrogen) atoms. The number of rotatable bonds is 1. The molecule has 0 radical (unpaired) electrons. The van der Waals surface area contributed by atoms with Crippen molar-refractivity contribution in [1.82, 2.24) is 15.2 Å². The van der Waals surface area contributed by atoms with Crippen molar-refractivity contribution in [3.05, 3.63) is 28.5 Å². The summed E-state index contributed by atoms with van der Waals surface area (Å²) in [6.45, 7) is 1.15. The first-order chi connectivity index (χ1) is 7.68. The number of halogens is 1. The highest BCUT2D eigenvalue weighted by Gasteiger charge is 2.23. The van der Waals surface area contributed by atoms with Gasteiger partial charge in [0.2, 0.25) is 5.91 Å². The first kappa shape index (κ1) is 11.1. The average Bonchev–Trinajstić information content (AvgIpc) is 2.29. The fourth-order valence-electron chi connectivity index (χ4n) is 1.53. The van der Waals surface area contributed by atoms with Gasteiger partial charge in [-0.2, -0.15) is 0 Å². The van der Waals surface area contributed by atoms with Gasteiger partial charge in [0, 0.05) is 19.3 Å². The first-order valence-corrected chi connectivity index (χ1v) is 5.64. The predicted molar refractivity (Wildman–Crippen MR) is 60.9 cm³/mol. The molecule has 5 nitrogen and oxygen atoms in total. The second kappa shape index (κ2) is 4.61. The third-order valence-corrected chi connectivity index (χ3v) is 2.95. The zero-order valence-electron chi connectivity index (χ0n) is 8.44. The van der Waals surface area contributed by atoms with Crippen LogP contribution in [0, 0.1) is 0 Å². The minimum atomic E-state index is -0.171. The summed E-state index contributed by atoms with van der Waals surface area (Å²) in [5.74, 6) is -0.297. The van der Waals surface area contributed by atoms with E-state index in [1.807, 2.05) is 0 Å². The lowest BCUT2D eigenvalue weighted by Crippen LogP contribution is -2.50. The summed E-state index contributed by atoms with van der Waals surface area (Å²) >= 11 is 3.22. The molecule has 0 bridgehead atoms. The summed E-state index contributed by atoms with van der Waals surface area (Å²) in [7, 11) is 0. The van der Waals surface area contributed by atoms with E-state index in [0.29, 0.717) is 23.3 Å². The summed E-state index contributed by atoms with van der Waals surface area (Å²) in [5, 5.41) is 2.67. The zero-order chi connectivity index (χ0) is 11.5. The maximum absolute atomic E-state index is 12.0. The molecule has 1 aliphatic heterocycles. The van der Waals surface area contributed by atoms with Gasteiger partial charge in [0.05, 0.1) is 12.1 Å². The molecule has 1 N–H and O–H groups in total. The quantitative estimate of drug-likeness (QED) is 0.760. The van der Waals surface area contributed by atoms with Crippen LogP contribution in [-0.4, -0.2) is 41.3 Å². The fraction of sp³-hybridized carbons (Fsp3) is 0.300. The molecule has 6 heteroatoms. The van der Waals surface area contributed by atoms with Gasteiger partial charge in [-0.3, -0.25) is 9.59 Å². The van der Waals surface area contributed by atoms with Crippen molar-refractivity contribution in [2.24, 2.45) is 0 Å². The molecular formula is C10H10BrN3O2. The van der Waals surface area contributed by atoms with Crippen molar-refractivity contribution in [1.29, 1.82) is 0 Å². The highest BCUT2D eigenvalue weighted by atomic mass is 79.9. The van der Waals surface area contributed by atoms with Gasteiger partial charge in [-0.1, -0.05) is 0 Å². The largest absolute Gasteiger partial charge is 0.353 e. The van der Waals surface area contributed by atoms with Gasteiger partial charge in [-0.25, -0.2) is 4.98 Å². The Kier molecular flexibility index (Phi) is 3.19. The van der Waals surface area contributed by atoms with E-state index in [9.17, 15) is 9.59 Å². The van der Waals surface area contributed by atoms with Crippen LogP contribution in [-0.2, 0) is 4.79 Å². The predicted octanol–water partition coefficient (Wildman–Crippen LogP) is 0.416. The van der Waals surface area contributed by atoms with Crippen molar-refractivity contribution in [3.63, 3.8) is 0 Å². The number of piperazine rings is 1. The minimum absolute atomic E-state index is 0.111. The molecule has 0 atom stereocenters. The Bertz CT molecular complexity index is 436. The van der Waals surface area contributed by atoms with E-state index < -0.39 is 0 Å². The number of hydrogen-bond acceptors (Lipinski definition) is 3. The van der Waals surface area contributed by atoms with Gasteiger partial charge < -0.3 is 10.2 Å². The van der Waals surface area contributed by atoms with E-state index in [1.165, 1.54) is 4.90 Å². The van der Waals surface area contributed by atoms with Gasteiger partial charge in [0.15, 0.2) is 0 Å². The standard InChI is InChI=1S/C10H10BrN3O2/c11-9-7(2-1-3-13-9)10(16)14-5-4-12-8(15)6-14/h1-3H,4-6H2,(H,12,15). The molecule has 2 rings (SSSR count). The van der Waals surface area contributed by atoms with Crippen molar-refractivity contribution >= 4 is 27.7 Å². The zero-order valence-corrected chi connectivity index (χ0v) is 10.0. The first-order valence-electron chi connectivity index (χ1n) is 4.85. The number of aromatic nitrogens is 1. The Morgan fingerprint density at radius 1 is 1.56 bits per heavy atom. The van der Waals surface area contributed by atoms with Crippen LogP contribution in [0.4, 0.5) is 0 Å². The van der Waals surface area contributed by atoms with Gasteiger partial charge in [0.1, 0.15) is 4.60 Å². The monoisotopic (exact) mass is 283 g/mol. The van der Waals surface area contributed by atoms with Gasteiger partial charge in [-0.05, 0) is 28.1 Å². The number of amides is 2. The van der Waals surface area contributed by atoms with Crippen LogP contribution >= 0.6 is 15.9 Å². The molecule has 2 heterocycles. The van der Waals surface area contributed by atoms with Crippen molar-refractivity contribution in [3.8, 4) is 0 Å². The average molecular weight is 284 g/mol. The molecule has 0 unspecified atom stereocenters. The molecule has 1 aliphatic rings. The Labute approximate surface area is 101 Å². The van der Waals surface area contributed by atoms with E-state index in [0.717, 1.165) is 0 Å². The molecule has 84 valence electrons. The Morgan fingerprint density at radius 3 is 3.06 bits per heavy atom. The normalized spacial score (nSPS) is 15.8. The molecule has 0 aromatic carbocycles. The third kappa shape index (κ3) is 2.21. The number of pyridine rings is 1. The number of nitrogens with one attached hydrogen (secondary N) is 1. The van der Waals surface area contributed by atoms with E-state index in [4.69, 9.17) is 0 Å². The summed E-state index contributed by atoms with van der Waals surface area (Å²) in [4.78, 5) is 28.7. The summed E-state index contributed by atoms with van der Waals surface area (Å²) in [6.07, 6.45) is 1.60. The van der Waals surface area contributed by atoms with Crippen LogP contribution < -0.4 is 5.32 Å². The van der Waals surface area contributed by atoms with Gasteiger partial charge in [-0.15, -0.1) is 0 Å². The van der Waals surface area contributed by atoms with E-state index in [1.54, 1.807) is 18.3 Å². The number of carbonyl (C=O) groups is 2. The second-order valence-corrected chi connectivity index (χ2v) is 4.17. The lowest BCUT2D eigenvalue weighted by Gasteiger charge is -2.26. The Hall–Kier alpha value is -1.43. The summed E-state index contributed by atoms with van der Waals surface area (Å²) in [5.41, 5.74) is 0.484. The van der Waals surface area contributed by atoms with E-state index >= 15 is 0 Å². The van der Waals surface area contributed by atoms with Crippen LogP contribution in [0.3, 0.4) is 0 Å². The Morgan fingerprint density at radius 2 is 2.38 bits per heavy atom. The number of hydrogen-bond donors (Lipinski definition) is 1. The molecule has 0 aliphatic carbocycles. The summed E-state index contributed by atoms with van der Waals surface area (Å²) in [6, 6.07) is 3.38. The van der Waals surface area contributed by atoms with Gasteiger partial charge in [0.25, 0.3) is 5.91 Å². The third-order valence-electron chi connectivity index (χ3n) is 2.32. The van der Waals surface area contributed by atoms with Crippen molar-refractivity contribution in [2.75, 3.05) is 19.6 Å². The Balaban J connectivity index is 2.19. The smallest absolute Gasteiger partial charge is 0.257 e. The summed E-state index contributed by atoms with van der Waals surface area (Å²) < 4.78 is 0.506. The van der Waals surface area contributed by atoms with Crippen LogP contribution in [0.25, 0.3) is 0 Å². The highest BCUT2D eigenvalue weighted by molar-refractivity contribution is 9.10. The van der Waals surface area contributed by atoms with Crippen molar-refractivity contribution in [2.45, 2.75) is 0 Å². The van der Waals surface area contributed by atoms with Crippen LogP contribution in [0.1, 0.15) is 10.4 Å². The molecule has 1 fully saturated rings. The van der Waals surface area contributed by atoms with Gasteiger partial charge >= 0.3 is 0 Å². The number of nitrogens with zero attached hydrogens (tertiary/aromatic N) is 2. The molecule has 1 saturated heterocycles. The van der Waals surface area contributed by atoms with Crippen LogP contribution in [0.2, 0.25) is 0 Å². The SMILES string of the molecule is O=C1CN(C(=O)c2cccnc2Br)CCN1. The van der Waals surface area contributed by atoms with Crippen LogP contribution in [0.5, 0.6) is 0 Å². The van der Waals surface area contributed by atoms with E-state index in [-0.39, 0.29) is 18.4 Å². The van der Waals surface area contributed by atoms with Crippen molar-refractivity contribution < 1.29 is 9.59 Å².